The Morgan fingerprint density at radius 1 is 1.32 bits per heavy atom. The lowest BCUT2D eigenvalue weighted by Crippen LogP contribution is -2.22. The van der Waals surface area contributed by atoms with Crippen LogP contribution in [-0.4, -0.2) is 16.3 Å². The summed E-state index contributed by atoms with van der Waals surface area (Å²) in [4.78, 5) is 0. The molecule has 1 aromatic heterocycles. The summed E-state index contributed by atoms with van der Waals surface area (Å²) in [6.45, 7) is 2.80. The number of hydrogen-bond acceptors (Lipinski definition) is 2. The molecule has 1 N–H and O–H groups in total. The van der Waals surface area contributed by atoms with Gasteiger partial charge in [0.1, 0.15) is 0 Å². The van der Waals surface area contributed by atoms with Crippen molar-refractivity contribution in [3.63, 3.8) is 0 Å². The predicted octanol–water partition coefficient (Wildman–Crippen LogP) is 2.59. The average molecular weight is 265 g/mol. The van der Waals surface area contributed by atoms with E-state index in [0.717, 1.165) is 23.7 Å². The third-order valence-electron chi connectivity index (χ3n) is 3.00. The second kappa shape index (κ2) is 5.93. The molecule has 0 aliphatic carbocycles. The summed E-state index contributed by atoms with van der Waals surface area (Å²) < 4.78 is 27.8. The molecule has 5 heteroatoms. The first-order valence-corrected chi connectivity index (χ1v) is 6.26. The quantitative estimate of drug-likeness (QED) is 0.900. The summed E-state index contributed by atoms with van der Waals surface area (Å²) >= 11 is 0. The lowest BCUT2D eigenvalue weighted by molar-refractivity contribution is 0.502. The van der Waals surface area contributed by atoms with Crippen LogP contribution in [0.3, 0.4) is 0 Å². The van der Waals surface area contributed by atoms with Gasteiger partial charge < -0.3 is 5.32 Å². The molecule has 19 heavy (non-hydrogen) atoms. The molecule has 1 aromatic carbocycles. The van der Waals surface area contributed by atoms with Crippen molar-refractivity contribution in [2.24, 2.45) is 7.05 Å². The van der Waals surface area contributed by atoms with E-state index < -0.39 is 11.6 Å². The lowest BCUT2D eigenvalue weighted by Gasteiger charge is -2.16. The number of likely N-dealkylation sites (N-methyl/N-ethyl adjacent to an activating group) is 1. The van der Waals surface area contributed by atoms with Crippen LogP contribution in [0.5, 0.6) is 0 Å². The van der Waals surface area contributed by atoms with E-state index in [9.17, 15) is 8.78 Å². The molecule has 0 radical (unpaired) electrons. The van der Waals surface area contributed by atoms with Crippen LogP contribution in [0.1, 0.15) is 24.1 Å². The van der Waals surface area contributed by atoms with Crippen molar-refractivity contribution in [1.29, 1.82) is 0 Å². The molecule has 0 amide bonds. The molecule has 3 nitrogen and oxygen atoms in total. The Bertz CT molecular complexity index is 551. The third kappa shape index (κ3) is 3.38. The maximum Gasteiger partial charge on any atom is 0.159 e. The zero-order chi connectivity index (χ0) is 13.8. The largest absolute Gasteiger partial charge is 0.310 e. The van der Waals surface area contributed by atoms with E-state index in [1.807, 2.05) is 20.2 Å². The summed E-state index contributed by atoms with van der Waals surface area (Å²) in [6, 6.07) is 4.06. The van der Waals surface area contributed by atoms with Gasteiger partial charge in [0, 0.05) is 24.8 Å². The Morgan fingerprint density at radius 3 is 2.68 bits per heavy atom. The highest BCUT2D eigenvalue weighted by molar-refractivity contribution is 5.22. The van der Waals surface area contributed by atoms with Gasteiger partial charge in [-0.1, -0.05) is 13.0 Å². The van der Waals surface area contributed by atoms with Crippen LogP contribution in [-0.2, 0) is 13.5 Å². The van der Waals surface area contributed by atoms with Crippen molar-refractivity contribution in [3.8, 4) is 0 Å². The minimum absolute atomic E-state index is 0.0450. The molecule has 1 heterocycles. The van der Waals surface area contributed by atoms with Crippen molar-refractivity contribution < 1.29 is 8.78 Å². The highest BCUT2D eigenvalue weighted by Gasteiger charge is 2.14. The number of nitrogens with one attached hydrogen (secondary N) is 1. The summed E-state index contributed by atoms with van der Waals surface area (Å²) in [6.07, 6.45) is 4.30. The number of nitrogens with zero attached hydrogens (tertiary/aromatic N) is 2. The molecule has 0 aliphatic heterocycles. The van der Waals surface area contributed by atoms with Crippen molar-refractivity contribution in [1.82, 2.24) is 15.1 Å². The molecule has 102 valence electrons. The fourth-order valence-corrected chi connectivity index (χ4v) is 2.08. The molecule has 0 saturated carbocycles. The SMILES string of the molecule is CCNC(Cc1ccc(F)c(F)c1)c1cnn(C)c1. The molecular weight excluding hydrogens is 248 g/mol. The minimum Gasteiger partial charge on any atom is -0.310 e. The number of hydrogen-bond donors (Lipinski definition) is 1. The van der Waals surface area contributed by atoms with Crippen LogP contribution >= 0.6 is 0 Å². The average Bonchev–Trinajstić information content (AvgIpc) is 2.80. The molecule has 0 saturated heterocycles. The van der Waals surface area contributed by atoms with Gasteiger partial charge in [-0.05, 0) is 30.7 Å². The minimum atomic E-state index is -0.815. The first-order chi connectivity index (χ1) is 9.10. The Hall–Kier alpha value is -1.75. The van der Waals surface area contributed by atoms with Crippen molar-refractivity contribution in [2.75, 3.05) is 6.54 Å². The van der Waals surface area contributed by atoms with E-state index in [2.05, 4.69) is 10.4 Å². The summed E-state index contributed by atoms with van der Waals surface area (Å²) in [7, 11) is 1.85. The standard InChI is InChI=1S/C14H17F2N3/c1-3-17-14(11-8-18-19(2)9-11)7-10-4-5-12(15)13(16)6-10/h4-6,8-9,14,17H,3,7H2,1-2H3. The fourth-order valence-electron chi connectivity index (χ4n) is 2.08. The van der Waals surface area contributed by atoms with Crippen LogP contribution < -0.4 is 5.32 Å². The molecule has 0 fully saturated rings. The monoisotopic (exact) mass is 265 g/mol. The van der Waals surface area contributed by atoms with Crippen LogP contribution in [0, 0.1) is 11.6 Å². The molecule has 1 atom stereocenters. The zero-order valence-electron chi connectivity index (χ0n) is 11.0. The Labute approximate surface area is 111 Å². The van der Waals surface area contributed by atoms with Crippen LogP contribution in [0.4, 0.5) is 8.78 Å². The number of rotatable bonds is 5. The summed E-state index contributed by atoms with van der Waals surface area (Å²) in [5.74, 6) is -1.62. The smallest absolute Gasteiger partial charge is 0.159 e. The van der Waals surface area contributed by atoms with Gasteiger partial charge in [0.05, 0.1) is 6.20 Å². The van der Waals surface area contributed by atoms with Crippen LogP contribution in [0.15, 0.2) is 30.6 Å². The molecular formula is C14H17F2N3. The molecule has 0 aliphatic rings. The van der Waals surface area contributed by atoms with Crippen LogP contribution in [0.25, 0.3) is 0 Å². The summed E-state index contributed by atoms with van der Waals surface area (Å²) in [5.41, 5.74) is 1.79. The summed E-state index contributed by atoms with van der Waals surface area (Å²) in [5, 5.41) is 7.46. The zero-order valence-corrected chi connectivity index (χ0v) is 11.0. The molecule has 2 aromatic rings. The van der Waals surface area contributed by atoms with Gasteiger partial charge in [0.2, 0.25) is 0 Å². The van der Waals surface area contributed by atoms with Crippen molar-refractivity contribution in [2.45, 2.75) is 19.4 Å². The Kier molecular flexibility index (Phi) is 4.27. The third-order valence-corrected chi connectivity index (χ3v) is 3.00. The van der Waals surface area contributed by atoms with Gasteiger partial charge in [-0.15, -0.1) is 0 Å². The van der Waals surface area contributed by atoms with Gasteiger partial charge in [-0.3, -0.25) is 4.68 Å². The Morgan fingerprint density at radius 2 is 2.11 bits per heavy atom. The molecule has 1 unspecified atom stereocenters. The van der Waals surface area contributed by atoms with E-state index in [1.54, 1.807) is 16.9 Å². The van der Waals surface area contributed by atoms with Gasteiger partial charge in [0.15, 0.2) is 11.6 Å². The first kappa shape index (κ1) is 13.7. The van der Waals surface area contributed by atoms with Crippen molar-refractivity contribution in [3.05, 3.63) is 53.4 Å². The molecule has 2 rings (SSSR count). The van der Waals surface area contributed by atoms with E-state index >= 15 is 0 Å². The van der Waals surface area contributed by atoms with E-state index in [4.69, 9.17) is 0 Å². The highest BCUT2D eigenvalue weighted by atomic mass is 19.2. The van der Waals surface area contributed by atoms with E-state index in [1.165, 1.54) is 6.07 Å². The number of halogens is 2. The fraction of sp³-hybridized carbons (Fsp3) is 0.357. The Balaban J connectivity index is 2.18. The molecule has 0 bridgehead atoms. The normalized spacial score (nSPS) is 12.6. The van der Waals surface area contributed by atoms with Gasteiger partial charge in [-0.25, -0.2) is 8.78 Å². The van der Waals surface area contributed by atoms with Crippen molar-refractivity contribution >= 4 is 0 Å². The number of aryl methyl sites for hydroxylation is 1. The topological polar surface area (TPSA) is 29.9 Å². The maximum absolute atomic E-state index is 13.2. The number of benzene rings is 1. The van der Waals surface area contributed by atoms with Gasteiger partial charge in [0.25, 0.3) is 0 Å². The van der Waals surface area contributed by atoms with Crippen LogP contribution in [0.2, 0.25) is 0 Å². The van der Waals surface area contributed by atoms with E-state index in [-0.39, 0.29) is 6.04 Å². The predicted molar refractivity (Wildman–Crippen MR) is 69.7 cm³/mol. The highest BCUT2D eigenvalue weighted by Crippen LogP contribution is 2.19. The first-order valence-electron chi connectivity index (χ1n) is 6.26. The number of aromatic nitrogens is 2. The molecule has 0 spiro atoms. The second-order valence-corrected chi connectivity index (χ2v) is 4.51. The van der Waals surface area contributed by atoms with E-state index in [0.29, 0.717) is 6.42 Å². The van der Waals surface area contributed by atoms with Gasteiger partial charge in [-0.2, -0.15) is 5.10 Å². The van der Waals surface area contributed by atoms with Gasteiger partial charge >= 0.3 is 0 Å². The second-order valence-electron chi connectivity index (χ2n) is 4.51. The maximum atomic E-state index is 13.2. The lowest BCUT2D eigenvalue weighted by atomic mass is 10.0.